The highest BCUT2D eigenvalue weighted by molar-refractivity contribution is 5.91. The third-order valence-corrected chi connectivity index (χ3v) is 4.30. The first-order chi connectivity index (χ1) is 11.9. The number of H-pyrrole nitrogens is 1. The average Bonchev–Trinajstić information content (AvgIpc) is 2.56. The summed E-state index contributed by atoms with van der Waals surface area (Å²) >= 11 is 0. The van der Waals surface area contributed by atoms with Crippen LogP contribution in [0.5, 0.6) is 0 Å². The van der Waals surface area contributed by atoms with Crippen LogP contribution in [0, 0.1) is 19.7 Å². The van der Waals surface area contributed by atoms with E-state index in [2.05, 4.69) is 10.3 Å². The molecule has 128 valence electrons. The molecule has 0 atom stereocenters. The Kier molecular flexibility index (Phi) is 4.65. The van der Waals surface area contributed by atoms with Crippen LogP contribution in [0.15, 0.2) is 47.3 Å². The van der Waals surface area contributed by atoms with Gasteiger partial charge in [0.1, 0.15) is 5.82 Å². The molecule has 0 saturated carbocycles. The van der Waals surface area contributed by atoms with Crippen LogP contribution >= 0.6 is 0 Å². The minimum absolute atomic E-state index is 0.151. The van der Waals surface area contributed by atoms with E-state index in [-0.39, 0.29) is 17.9 Å². The van der Waals surface area contributed by atoms with Gasteiger partial charge in [0.15, 0.2) is 0 Å². The van der Waals surface area contributed by atoms with Gasteiger partial charge in [-0.25, -0.2) is 4.39 Å². The van der Waals surface area contributed by atoms with Gasteiger partial charge in [-0.3, -0.25) is 9.59 Å². The Morgan fingerprint density at radius 3 is 2.64 bits per heavy atom. The number of amides is 1. The molecule has 1 amide bonds. The van der Waals surface area contributed by atoms with Crippen molar-refractivity contribution in [3.63, 3.8) is 0 Å². The number of carbonyl (C=O) groups excluding carboxylic acids is 1. The molecule has 0 aliphatic carbocycles. The largest absolute Gasteiger partial charge is 0.326 e. The van der Waals surface area contributed by atoms with E-state index in [4.69, 9.17) is 0 Å². The van der Waals surface area contributed by atoms with E-state index in [1.165, 1.54) is 12.1 Å². The smallest absolute Gasteiger partial charge is 0.251 e. The highest BCUT2D eigenvalue weighted by atomic mass is 19.1. The van der Waals surface area contributed by atoms with Crippen molar-refractivity contribution in [1.29, 1.82) is 0 Å². The van der Waals surface area contributed by atoms with E-state index in [0.29, 0.717) is 17.5 Å². The predicted octanol–water partition coefficient (Wildman–Crippen LogP) is 3.86. The topological polar surface area (TPSA) is 62.0 Å². The molecule has 0 saturated heterocycles. The van der Waals surface area contributed by atoms with Crippen LogP contribution in [0.25, 0.3) is 10.9 Å². The lowest BCUT2D eigenvalue weighted by atomic mass is 10.1. The summed E-state index contributed by atoms with van der Waals surface area (Å²) in [5.41, 5.74) is 3.68. The zero-order valence-corrected chi connectivity index (χ0v) is 14.2. The number of hydrogen-bond donors (Lipinski definition) is 2. The molecule has 0 unspecified atom stereocenters. The van der Waals surface area contributed by atoms with Gasteiger partial charge in [-0.15, -0.1) is 0 Å². The molecular weight excluding hydrogens is 319 g/mol. The fourth-order valence-electron chi connectivity index (χ4n) is 2.70. The molecule has 5 heteroatoms. The van der Waals surface area contributed by atoms with Gasteiger partial charge in [0.2, 0.25) is 5.91 Å². The van der Waals surface area contributed by atoms with Crippen LogP contribution in [0.3, 0.4) is 0 Å². The van der Waals surface area contributed by atoms with E-state index in [1.807, 2.05) is 32.0 Å². The summed E-state index contributed by atoms with van der Waals surface area (Å²) in [6.45, 7) is 4.00. The fraction of sp³-hybridized carbons (Fsp3) is 0.200. The Bertz CT molecular complexity index is 1010. The molecule has 25 heavy (non-hydrogen) atoms. The van der Waals surface area contributed by atoms with Crippen molar-refractivity contribution in [3.05, 3.63) is 75.3 Å². The Hall–Kier alpha value is -2.95. The van der Waals surface area contributed by atoms with Crippen molar-refractivity contribution in [2.75, 3.05) is 5.32 Å². The van der Waals surface area contributed by atoms with Gasteiger partial charge >= 0.3 is 0 Å². The van der Waals surface area contributed by atoms with Crippen molar-refractivity contribution < 1.29 is 9.18 Å². The van der Waals surface area contributed by atoms with Gasteiger partial charge in [0, 0.05) is 17.7 Å². The standard InChI is InChI=1S/C20H19FN2O2/c1-12-3-7-17(9-13(12)2)22-19(24)8-5-15-10-14-4-6-16(21)11-18(14)23-20(15)25/h3-4,6-7,9-11H,5,8H2,1-2H3,(H,22,24)(H,23,25). The van der Waals surface area contributed by atoms with Gasteiger partial charge in [0.25, 0.3) is 5.56 Å². The van der Waals surface area contributed by atoms with E-state index in [9.17, 15) is 14.0 Å². The van der Waals surface area contributed by atoms with Gasteiger partial charge in [-0.1, -0.05) is 6.07 Å². The van der Waals surface area contributed by atoms with Crippen molar-refractivity contribution in [1.82, 2.24) is 4.98 Å². The summed E-state index contributed by atoms with van der Waals surface area (Å²) in [6, 6.07) is 11.7. The molecule has 0 bridgehead atoms. The molecule has 1 heterocycles. The SMILES string of the molecule is Cc1ccc(NC(=O)CCc2cc3ccc(F)cc3[nH]c2=O)cc1C. The third-order valence-electron chi connectivity index (χ3n) is 4.30. The number of aryl methyl sites for hydroxylation is 3. The molecular formula is C20H19FN2O2. The molecule has 0 aliphatic heterocycles. The number of aromatic nitrogens is 1. The maximum absolute atomic E-state index is 13.2. The van der Waals surface area contributed by atoms with Crippen LogP contribution in [0.4, 0.5) is 10.1 Å². The molecule has 0 fully saturated rings. The van der Waals surface area contributed by atoms with E-state index >= 15 is 0 Å². The van der Waals surface area contributed by atoms with Gasteiger partial charge in [0.05, 0.1) is 5.52 Å². The van der Waals surface area contributed by atoms with Gasteiger partial charge in [-0.05, 0) is 73.2 Å². The number of aromatic amines is 1. The monoisotopic (exact) mass is 338 g/mol. The minimum atomic E-state index is -0.399. The first kappa shape index (κ1) is 16.9. The van der Waals surface area contributed by atoms with Crippen molar-refractivity contribution in [2.24, 2.45) is 0 Å². The number of halogens is 1. The van der Waals surface area contributed by atoms with Crippen LogP contribution < -0.4 is 10.9 Å². The van der Waals surface area contributed by atoms with Crippen molar-refractivity contribution >= 4 is 22.5 Å². The van der Waals surface area contributed by atoms with Crippen molar-refractivity contribution in [3.8, 4) is 0 Å². The first-order valence-corrected chi connectivity index (χ1v) is 8.11. The van der Waals surface area contributed by atoms with E-state index in [0.717, 1.165) is 22.2 Å². The number of fused-ring (bicyclic) bond motifs is 1. The highest BCUT2D eigenvalue weighted by Crippen LogP contribution is 2.16. The zero-order valence-electron chi connectivity index (χ0n) is 14.2. The number of carbonyl (C=O) groups is 1. The molecule has 1 aromatic heterocycles. The average molecular weight is 338 g/mol. The maximum atomic E-state index is 13.2. The Labute approximate surface area is 144 Å². The number of rotatable bonds is 4. The second-order valence-corrected chi connectivity index (χ2v) is 6.20. The summed E-state index contributed by atoms with van der Waals surface area (Å²) < 4.78 is 13.2. The molecule has 4 nitrogen and oxygen atoms in total. The molecule has 2 N–H and O–H groups in total. The highest BCUT2D eigenvalue weighted by Gasteiger charge is 2.08. The van der Waals surface area contributed by atoms with Crippen LogP contribution in [0.1, 0.15) is 23.1 Å². The second kappa shape index (κ2) is 6.89. The first-order valence-electron chi connectivity index (χ1n) is 8.11. The minimum Gasteiger partial charge on any atom is -0.326 e. The Balaban J connectivity index is 1.70. The van der Waals surface area contributed by atoms with E-state index < -0.39 is 5.82 Å². The number of hydrogen-bond acceptors (Lipinski definition) is 2. The zero-order chi connectivity index (χ0) is 18.0. The third kappa shape index (κ3) is 3.94. The lowest BCUT2D eigenvalue weighted by molar-refractivity contribution is -0.116. The van der Waals surface area contributed by atoms with Crippen LogP contribution in [-0.4, -0.2) is 10.9 Å². The normalized spacial score (nSPS) is 10.8. The predicted molar refractivity (Wildman–Crippen MR) is 97.4 cm³/mol. The van der Waals surface area contributed by atoms with Crippen molar-refractivity contribution in [2.45, 2.75) is 26.7 Å². The quantitative estimate of drug-likeness (QED) is 0.759. The molecule has 0 spiro atoms. The molecule has 0 aliphatic rings. The van der Waals surface area contributed by atoms with E-state index in [1.54, 1.807) is 12.1 Å². The molecule has 3 rings (SSSR count). The summed E-state index contributed by atoms with van der Waals surface area (Å²) in [5, 5.41) is 3.58. The maximum Gasteiger partial charge on any atom is 0.251 e. The molecule has 2 aromatic carbocycles. The fourth-order valence-corrected chi connectivity index (χ4v) is 2.70. The second-order valence-electron chi connectivity index (χ2n) is 6.20. The summed E-state index contributed by atoms with van der Waals surface area (Å²) in [6.07, 6.45) is 0.516. The Morgan fingerprint density at radius 2 is 1.88 bits per heavy atom. The summed E-state index contributed by atoms with van der Waals surface area (Å²) in [7, 11) is 0. The Morgan fingerprint density at radius 1 is 1.08 bits per heavy atom. The number of anilines is 1. The summed E-state index contributed by atoms with van der Waals surface area (Å²) in [5.74, 6) is -0.550. The van der Waals surface area contributed by atoms with Crippen LogP contribution in [0.2, 0.25) is 0 Å². The number of nitrogens with one attached hydrogen (secondary N) is 2. The lowest BCUT2D eigenvalue weighted by Gasteiger charge is -2.08. The number of benzene rings is 2. The van der Waals surface area contributed by atoms with Crippen LogP contribution in [-0.2, 0) is 11.2 Å². The van der Waals surface area contributed by atoms with Gasteiger partial charge in [-0.2, -0.15) is 0 Å². The number of pyridine rings is 1. The molecule has 0 radical (unpaired) electrons. The van der Waals surface area contributed by atoms with Gasteiger partial charge < -0.3 is 10.3 Å². The summed E-state index contributed by atoms with van der Waals surface area (Å²) in [4.78, 5) is 26.9. The lowest BCUT2D eigenvalue weighted by Crippen LogP contribution is -2.17. The molecule has 3 aromatic rings.